The van der Waals surface area contributed by atoms with Crippen molar-refractivity contribution in [1.29, 1.82) is 0 Å². The van der Waals surface area contributed by atoms with Crippen LogP contribution in [-0.4, -0.2) is 27.0 Å². The van der Waals surface area contributed by atoms with E-state index in [0.717, 1.165) is 20.2 Å². The Hall–Kier alpha value is -1.69. The molecule has 0 fully saturated rings. The van der Waals surface area contributed by atoms with Crippen molar-refractivity contribution >= 4 is 40.4 Å². The maximum Gasteiger partial charge on any atom is 0.434 e. The maximum atomic E-state index is 14.2. The molecule has 0 aliphatic heterocycles. The number of carbonyl (C=O) groups is 1. The number of carbonyl (C=O) groups excluding carboxylic acids is 1. The minimum absolute atomic E-state index is 0.358. The summed E-state index contributed by atoms with van der Waals surface area (Å²) < 4.78 is 71.2. The fraction of sp³-hybridized carbons (Fsp3) is 0.231. The minimum atomic E-state index is -4.82. The summed E-state index contributed by atoms with van der Waals surface area (Å²) in [6.45, 7) is 0. The van der Waals surface area contributed by atoms with Crippen LogP contribution in [0.1, 0.15) is 16.1 Å². The molecule has 1 aromatic carbocycles. The number of aryl methyl sites for hydroxylation is 1. The van der Waals surface area contributed by atoms with Crippen molar-refractivity contribution in [2.75, 3.05) is 7.11 Å². The minimum Gasteiger partial charge on any atom is -0.277 e. The second kappa shape index (κ2) is 7.51. The van der Waals surface area contributed by atoms with Gasteiger partial charge in [-0.2, -0.15) is 18.3 Å². The Labute approximate surface area is 156 Å². The molecule has 0 spiro atoms. The van der Waals surface area contributed by atoms with Crippen LogP contribution in [0.25, 0.3) is 11.3 Å². The van der Waals surface area contributed by atoms with E-state index in [9.17, 15) is 26.6 Å². The van der Waals surface area contributed by atoms with Crippen LogP contribution < -0.4 is 4.72 Å². The van der Waals surface area contributed by atoms with E-state index in [4.69, 9.17) is 23.2 Å². The molecule has 1 atom stereocenters. The normalized spacial score (nSPS) is 12.9. The fourth-order valence-electron chi connectivity index (χ4n) is 2.05. The molecule has 2 rings (SSSR count). The van der Waals surface area contributed by atoms with Crippen LogP contribution in [0.3, 0.4) is 0 Å². The number of nitrogens with zero attached hydrogens (tertiary/aromatic N) is 2. The van der Waals surface area contributed by atoms with Gasteiger partial charge in [0.2, 0.25) is 0 Å². The highest BCUT2D eigenvalue weighted by molar-refractivity contribution is 7.78. The summed E-state index contributed by atoms with van der Waals surface area (Å²) in [6.07, 6.45) is -4.82. The molecule has 0 radical (unpaired) electrons. The largest absolute Gasteiger partial charge is 0.434 e. The maximum absolute atomic E-state index is 14.2. The summed E-state index contributed by atoms with van der Waals surface area (Å²) in [5.41, 5.74) is -2.66. The fourth-order valence-corrected chi connectivity index (χ4v) is 3.00. The van der Waals surface area contributed by atoms with E-state index in [1.165, 1.54) is 0 Å². The van der Waals surface area contributed by atoms with Crippen molar-refractivity contribution in [3.63, 3.8) is 0 Å². The van der Waals surface area contributed by atoms with Gasteiger partial charge in [0.15, 0.2) is 5.69 Å². The molecule has 1 unspecified atom stereocenters. The highest BCUT2D eigenvalue weighted by atomic mass is 35.5. The van der Waals surface area contributed by atoms with Gasteiger partial charge < -0.3 is 0 Å². The molecule has 0 aliphatic rings. The molecule has 1 heterocycles. The molecular formula is C13H9Cl2F4N3O3S. The van der Waals surface area contributed by atoms with Crippen LogP contribution in [-0.2, 0) is 28.7 Å². The molecule has 0 aliphatic carbocycles. The Morgan fingerprint density at radius 3 is 2.46 bits per heavy atom. The van der Waals surface area contributed by atoms with E-state index in [2.05, 4.69) is 9.28 Å². The van der Waals surface area contributed by atoms with Crippen molar-refractivity contribution in [2.24, 2.45) is 7.05 Å². The number of halogens is 6. The quantitative estimate of drug-likeness (QED) is 0.748. The standard InChI is InChI=1S/C13H9Cl2F4N3O3S/c1-22-11(13(17,18)19)9(15)10(20-22)6-3-5(7(14)4-8(6)16)12(23)21-26(24)25-2/h3-4H,1-2H3,(H,21,23). The van der Waals surface area contributed by atoms with Gasteiger partial charge in [0.25, 0.3) is 17.2 Å². The van der Waals surface area contributed by atoms with E-state index in [0.29, 0.717) is 10.7 Å². The third-order valence-corrected chi connectivity index (χ3v) is 4.47. The molecule has 1 amide bonds. The zero-order valence-corrected chi connectivity index (χ0v) is 15.3. The summed E-state index contributed by atoms with van der Waals surface area (Å²) in [5.74, 6) is -2.05. The number of amides is 1. The van der Waals surface area contributed by atoms with Gasteiger partial charge >= 0.3 is 6.18 Å². The van der Waals surface area contributed by atoms with Crippen LogP contribution in [0.5, 0.6) is 0 Å². The van der Waals surface area contributed by atoms with Crippen molar-refractivity contribution in [1.82, 2.24) is 14.5 Å². The monoisotopic (exact) mass is 433 g/mol. The summed E-state index contributed by atoms with van der Waals surface area (Å²) in [5, 5.41) is 2.38. The lowest BCUT2D eigenvalue weighted by molar-refractivity contribution is -0.143. The highest BCUT2D eigenvalue weighted by Gasteiger charge is 2.39. The lowest BCUT2D eigenvalue weighted by atomic mass is 10.1. The SMILES string of the molecule is COS(=O)NC(=O)c1cc(-c2nn(C)c(C(F)(F)F)c2Cl)c(F)cc1Cl. The van der Waals surface area contributed by atoms with Crippen molar-refractivity contribution in [2.45, 2.75) is 6.18 Å². The number of alkyl halides is 3. The Balaban J connectivity index is 2.60. The molecule has 2 aromatic rings. The molecule has 26 heavy (non-hydrogen) atoms. The van der Waals surface area contributed by atoms with Crippen molar-refractivity contribution in [3.05, 3.63) is 39.3 Å². The van der Waals surface area contributed by atoms with Gasteiger partial charge in [0.05, 0.1) is 22.7 Å². The van der Waals surface area contributed by atoms with E-state index in [-0.39, 0.29) is 10.6 Å². The number of hydrogen-bond acceptors (Lipinski definition) is 4. The molecule has 13 heteroatoms. The number of benzene rings is 1. The number of aromatic nitrogens is 2. The smallest absolute Gasteiger partial charge is 0.277 e. The summed E-state index contributed by atoms with van der Waals surface area (Å²) in [6, 6.07) is 1.56. The van der Waals surface area contributed by atoms with Crippen LogP contribution in [0.4, 0.5) is 17.6 Å². The summed E-state index contributed by atoms with van der Waals surface area (Å²) in [4.78, 5) is 12.0. The molecule has 0 bridgehead atoms. The Morgan fingerprint density at radius 1 is 1.35 bits per heavy atom. The molecule has 142 valence electrons. The first-order valence-electron chi connectivity index (χ1n) is 6.53. The Morgan fingerprint density at radius 2 is 1.96 bits per heavy atom. The van der Waals surface area contributed by atoms with Crippen LogP contribution >= 0.6 is 23.2 Å². The van der Waals surface area contributed by atoms with E-state index in [1.807, 2.05) is 4.72 Å². The average Bonchev–Trinajstić information content (AvgIpc) is 2.81. The van der Waals surface area contributed by atoms with Gasteiger partial charge in [0.1, 0.15) is 11.5 Å². The van der Waals surface area contributed by atoms with Gasteiger partial charge in [-0.1, -0.05) is 23.2 Å². The Kier molecular flexibility index (Phi) is 5.95. The lowest BCUT2D eigenvalue weighted by Gasteiger charge is -2.08. The third-order valence-electron chi connectivity index (χ3n) is 3.14. The molecule has 6 nitrogen and oxygen atoms in total. The Bertz CT molecular complexity index is 902. The zero-order valence-electron chi connectivity index (χ0n) is 12.9. The van der Waals surface area contributed by atoms with Crippen LogP contribution in [0.15, 0.2) is 12.1 Å². The van der Waals surface area contributed by atoms with E-state index in [1.54, 1.807) is 0 Å². The highest BCUT2D eigenvalue weighted by Crippen LogP contribution is 2.40. The molecule has 1 N–H and O–H groups in total. The van der Waals surface area contributed by atoms with Gasteiger partial charge in [-0.3, -0.25) is 13.7 Å². The van der Waals surface area contributed by atoms with Gasteiger partial charge in [-0.25, -0.2) is 13.3 Å². The van der Waals surface area contributed by atoms with Gasteiger partial charge in [-0.05, 0) is 12.1 Å². The second-order valence-electron chi connectivity index (χ2n) is 4.78. The number of rotatable bonds is 4. The van der Waals surface area contributed by atoms with Gasteiger partial charge in [-0.15, -0.1) is 0 Å². The number of nitrogens with one attached hydrogen (secondary N) is 1. The molecule has 0 saturated carbocycles. The molecular weight excluding hydrogens is 425 g/mol. The molecule has 0 saturated heterocycles. The first kappa shape index (κ1) is 20.6. The first-order valence-corrected chi connectivity index (χ1v) is 8.36. The zero-order chi connectivity index (χ0) is 19.8. The summed E-state index contributed by atoms with van der Waals surface area (Å²) in [7, 11) is 2.04. The van der Waals surface area contributed by atoms with Crippen LogP contribution in [0, 0.1) is 5.82 Å². The van der Waals surface area contributed by atoms with Gasteiger partial charge in [0, 0.05) is 12.6 Å². The predicted octanol–water partition coefficient (Wildman–Crippen LogP) is 3.51. The third kappa shape index (κ3) is 4.00. The molecule has 1 aromatic heterocycles. The second-order valence-corrected chi connectivity index (χ2v) is 6.57. The van der Waals surface area contributed by atoms with E-state index >= 15 is 0 Å². The first-order chi connectivity index (χ1) is 12.0. The summed E-state index contributed by atoms with van der Waals surface area (Å²) >= 11 is 9.32. The van der Waals surface area contributed by atoms with Crippen LogP contribution in [0.2, 0.25) is 10.0 Å². The lowest BCUT2D eigenvalue weighted by Crippen LogP contribution is -2.26. The topological polar surface area (TPSA) is 73.2 Å². The van der Waals surface area contributed by atoms with Crippen molar-refractivity contribution in [3.8, 4) is 11.3 Å². The number of hydrogen-bond donors (Lipinski definition) is 1. The van der Waals surface area contributed by atoms with E-state index < -0.39 is 51.1 Å². The average molecular weight is 434 g/mol. The van der Waals surface area contributed by atoms with Crippen molar-refractivity contribution < 1.29 is 30.7 Å². The predicted molar refractivity (Wildman–Crippen MR) is 86.2 cm³/mol.